The molecule has 2 rings (SSSR count). The second kappa shape index (κ2) is 34.2. The summed E-state index contributed by atoms with van der Waals surface area (Å²) < 4.78 is 2.57. The summed E-state index contributed by atoms with van der Waals surface area (Å²) in [6, 6.07) is 14.2. The van der Waals surface area contributed by atoms with Gasteiger partial charge in [-0.05, 0) is 31.7 Å². The monoisotopic (exact) mass is 703 g/mol. The van der Waals surface area contributed by atoms with E-state index in [1.54, 1.807) is 11.1 Å². The zero-order valence-electron chi connectivity index (χ0n) is 34.9. The highest BCUT2D eigenvalue weighted by Crippen LogP contribution is 2.20. The Morgan fingerprint density at radius 3 is 0.961 bits per heavy atom. The molecule has 51 heavy (non-hydrogen) atoms. The number of hydrogen-bond acceptors (Lipinski definition) is 0. The van der Waals surface area contributed by atoms with Crippen molar-refractivity contribution in [1.29, 1.82) is 0 Å². The first kappa shape index (κ1) is 45.5. The first-order valence-corrected chi connectivity index (χ1v) is 23.4. The van der Waals surface area contributed by atoms with Gasteiger partial charge in [0, 0.05) is 23.1 Å². The molecular formula is C50H88N+. The Kier molecular flexibility index (Phi) is 30.5. The van der Waals surface area contributed by atoms with Crippen LogP contribution in [0.5, 0.6) is 0 Å². The first-order valence-electron chi connectivity index (χ1n) is 23.4. The average molecular weight is 703 g/mol. The van der Waals surface area contributed by atoms with Crippen LogP contribution in [-0.4, -0.2) is 0 Å². The summed E-state index contributed by atoms with van der Waals surface area (Å²) in [6.45, 7) is 6.97. The minimum absolute atomic E-state index is 0.432. The zero-order chi connectivity index (χ0) is 36.3. The molecule has 0 aliphatic heterocycles. The van der Waals surface area contributed by atoms with E-state index in [0.717, 1.165) is 6.42 Å². The first-order chi connectivity index (χ1) is 25.3. The molecule has 1 unspecified atom stereocenters. The summed E-state index contributed by atoms with van der Waals surface area (Å²) >= 11 is 0. The lowest BCUT2D eigenvalue weighted by Crippen LogP contribution is -2.40. The van der Waals surface area contributed by atoms with Crippen LogP contribution < -0.4 is 4.57 Å². The number of unbranched alkanes of at least 4 members (excludes halogenated alkanes) is 30. The topological polar surface area (TPSA) is 3.88 Å². The lowest BCUT2D eigenvalue weighted by Gasteiger charge is -2.14. The van der Waals surface area contributed by atoms with Crippen molar-refractivity contribution in [2.24, 2.45) is 0 Å². The lowest BCUT2D eigenvalue weighted by molar-refractivity contribution is -0.714. The van der Waals surface area contributed by atoms with Crippen molar-refractivity contribution >= 4 is 0 Å². The number of benzene rings is 1. The van der Waals surface area contributed by atoms with Crippen molar-refractivity contribution in [3.05, 3.63) is 65.5 Å². The molecule has 1 nitrogen and oxygen atoms in total. The Bertz CT molecular complexity index is 941. The molecule has 0 fully saturated rings. The van der Waals surface area contributed by atoms with Crippen LogP contribution in [0.25, 0.3) is 0 Å². The predicted octanol–water partition coefficient (Wildman–Crippen LogP) is 16.6. The fourth-order valence-corrected chi connectivity index (χ4v) is 8.23. The van der Waals surface area contributed by atoms with Gasteiger partial charge < -0.3 is 0 Å². The minimum Gasteiger partial charge on any atom is -0.198 e. The van der Waals surface area contributed by atoms with Gasteiger partial charge in [-0.2, -0.15) is 4.57 Å². The third kappa shape index (κ3) is 25.1. The van der Waals surface area contributed by atoms with Crippen molar-refractivity contribution in [3.8, 4) is 0 Å². The molecule has 0 saturated heterocycles. The standard InChI is InChI=1S/C50H88N/c1-4-7-9-11-13-15-17-19-21-23-25-27-29-31-33-36-40-47-44-48(46-51(45-47)50(6-3)49-42-38-35-39-43-49)41-37-34-32-30-28-26-24-22-20-18-16-14-12-10-8-5-2/h35,38-39,42-46,50H,4-34,36-37,40-41H2,1-3H3/q+1. The fraction of sp³-hybridized carbons (Fsp3) is 0.780. The molecule has 0 bridgehead atoms. The summed E-state index contributed by atoms with van der Waals surface area (Å²) in [5.41, 5.74) is 4.56. The van der Waals surface area contributed by atoms with Gasteiger partial charge in [0.2, 0.25) is 0 Å². The van der Waals surface area contributed by atoms with E-state index in [2.05, 4.69) is 74.1 Å². The van der Waals surface area contributed by atoms with E-state index in [9.17, 15) is 0 Å². The molecule has 1 heterocycles. The molecule has 1 heteroatoms. The van der Waals surface area contributed by atoms with Gasteiger partial charge in [-0.1, -0.05) is 244 Å². The molecule has 292 valence electrons. The lowest BCUT2D eigenvalue weighted by atomic mass is 9.99. The van der Waals surface area contributed by atoms with Crippen LogP contribution >= 0.6 is 0 Å². The van der Waals surface area contributed by atoms with Crippen LogP contribution in [-0.2, 0) is 12.8 Å². The summed E-state index contributed by atoms with van der Waals surface area (Å²) in [5.74, 6) is 0. The van der Waals surface area contributed by atoms with Gasteiger partial charge in [0.05, 0.1) is 0 Å². The van der Waals surface area contributed by atoms with Crippen LogP contribution in [0, 0.1) is 0 Å². The van der Waals surface area contributed by atoms with E-state index in [4.69, 9.17) is 0 Å². The van der Waals surface area contributed by atoms with Crippen molar-refractivity contribution in [1.82, 2.24) is 0 Å². The highest BCUT2D eigenvalue weighted by Gasteiger charge is 2.20. The molecule has 0 aliphatic rings. The van der Waals surface area contributed by atoms with E-state index in [1.807, 2.05) is 0 Å². The molecule has 0 N–H and O–H groups in total. The van der Waals surface area contributed by atoms with Crippen molar-refractivity contribution < 1.29 is 4.57 Å². The number of aryl methyl sites for hydroxylation is 2. The SMILES string of the molecule is CCCCCCCCCCCCCCCCCCc1cc(CCCCCCCCCCCCCCCCCC)c[n+](C(CC)c2ccccc2)c1. The van der Waals surface area contributed by atoms with Gasteiger partial charge in [0.1, 0.15) is 0 Å². The molecular weight excluding hydrogens is 615 g/mol. The van der Waals surface area contributed by atoms with Crippen molar-refractivity contribution in [3.63, 3.8) is 0 Å². The third-order valence-corrected chi connectivity index (χ3v) is 11.6. The van der Waals surface area contributed by atoms with Gasteiger partial charge in [0.15, 0.2) is 18.4 Å². The van der Waals surface area contributed by atoms with Crippen LogP contribution in [0.4, 0.5) is 0 Å². The Hall–Kier alpha value is -1.63. The van der Waals surface area contributed by atoms with E-state index in [0.29, 0.717) is 6.04 Å². The highest BCUT2D eigenvalue weighted by atomic mass is 15.0. The number of aromatic nitrogens is 1. The largest absolute Gasteiger partial charge is 0.198 e. The molecule has 0 amide bonds. The molecule has 1 aromatic heterocycles. The van der Waals surface area contributed by atoms with E-state index in [-0.39, 0.29) is 0 Å². The number of hydrogen-bond donors (Lipinski definition) is 0. The van der Waals surface area contributed by atoms with Gasteiger partial charge in [-0.3, -0.25) is 0 Å². The van der Waals surface area contributed by atoms with Crippen LogP contribution in [0.3, 0.4) is 0 Å². The summed E-state index contributed by atoms with van der Waals surface area (Å²) in [4.78, 5) is 0. The maximum Gasteiger partial charge on any atom is 0.183 e. The third-order valence-electron chi connectivity index (χ3n) is 11.6. The normalized spacial score (nSPS) is 12.1. The molecule has 2 aromatic rings. The number of pyridine rings is 1. The summed E-state index contributed by atoms with van der Waals surface area (Å²) in [6.07, 6.45) is 54.5. The van der Waals surface area contributed by atoms with E-state index in [1.165, 1.54) is 224 Å². The average Bonchev–Trinajstić information content (AvgIpc) is 3.15. The van der Waals surface area contributed by atoms with Crippen LogP contribution in [0.15, 0.2) is 48.8 Å². The quantitative estimate of drug-likeness (QED) is 0.0487. The van der Waals surface area contributed by atoms with Gasteiger partial charge in [-0.25, -0.2) is 0 Å². The maximum absolute atomic E-state index is 2.57. The van der Waals surface area contributed by atoms with Gasteiger partial charge >= 0.3 is 0 Å². The maximum atomic E-state index is 2.57. The Morgan fingerprint density at radius 1 is 0.373 bits per heavy atom. The summed E-state index contributed by atoms with van der Waals surface area (Å²) in [5, 5.41) is 0. The Labute approximate surface area is 320 Å². The van der Waals surface area contributed by atoms with Crippen molar-refractivity contribution in [2.45, 2.75) is 252 Å². The Morgan fingerprint density at radius 2 is 0.667 bits per heavy atom. The molecule has 0 radical (unpaired) electrons. The number of rotatable bonds is 37. The summed E-state index contributed by atoms with van der Waals surface area (Å²) in [7, 11) is 0. The molecule has 1 aromatic carbocycles. The van der Waals surface area contributed by atoms with E-state index < -0.39 is 0 Å². The minimum atomic E-state index is 0.432. The highest BCUT2D eigenvalue weighted by molar-refractivity contribution is 5.19. The van der Waals surface area contributed by atoms with Crippen LogP contribution in [0.1, 0.15) is 255 Å². The van der Waals surface area contributed by atoms with Gasteiger partial charge in [0.25, 0.3) is 0 Å². The zero-order valence-corrected chi connectivity index (χ0v) is 34.9. The second-order valence-electron chi connectivity index (χ2n) is 16.4. The smallest absolute Gasteiger partial charge is 0.183 e. The molecule has 1 atom stereocenters. The molecule has 0 saturated carbocycles. The Balaban J connectivity index is 1.63. The predicted molar refractivity (Wildman–Crippen MR) is 228 cm³/mol. The van der Waals surface area contributed by atoms with Crippen molar-refractivity contribution in [2.75, 3.05) is 0 Å². The molecule has 0 spiro atoms. The fourth-order valence-electron chi connectivity index (χ4n) is 8.23. The van der Waals surface area contributed by atoms with E-state index >= 15 is 0 Å². The second-order valence-corrected chi connectivity index (χ2v) is 16.4. The van der Waals surface area contributed by atoms with Crippen LogP contribution in [0.2, 0.25) is 0 Å². The van der Waals surface area contributed by atoms with Gasteiger partial charge in [-0.15, -0.1) is 0 Å². The number of nitrogens with zero attached hydrogens (tertiary/aromatic N) is 1. The molecule has 0 aliphatic carbocycles.